The van der Waals surface area contributed by atoms with Crippen LogP contribution >= 0.6 is 0 Å². The van der Waals surface area contributed by atoms with Gasteiger partial charge in [-0.2, -0.15) is 0 Å². The topological polar surface area (TPSA) is 127 Å². The molecule has 0 bridgehead atoms. The molecule has 4 aliphatic carbocycles. The fraction of sp³-hybridized carbons (Fsp3) is 0.870. The van der Waals surface area contributed by atoms with E-state index < -0.39 is 40.2 Å². The Hall–Kier alpha value is -0.990. The summed E-state index contributed by atoms with van der Waals surface area (Å²) in [6.45, 7) is 2.00. The molecule has 0 radical (unpaired) electrons. The Balaban J connectivity index is 1.55. The van der Waals surface area contributed by atoms with Crippen LogP contribution in [0.3, 0.4) is 0 Å². The van der Waals surface area contributed by atoms with E-state index >= 15 is 0 Å². The summed E-state index contributed by atoms with van der Waals surface area (Å²) < 4.78 is 5.13. The Morgan fingerprint density at radius 1 is 1.10 bits per heavy atom. The summed E-state index contributed by atoms with van der Waals surface area (Å²) in [6, 6.07) is 0. The molecule has 4 saturated carbocycles. The van der Waals surface area contributed by atoms with Crippen LogP contribution in [0.5, 0.6) is 0 Å². The maximum Gasteiger partial charge on any atom is 0.331 e. The number of fused-ring (bicyclic) bond motifs is 5. The highest BCUT2D eigenvalue weighted by Crippen LogP contribution is 2.70. The van der Waals surface area contributed by atoms with E-state index in [1.165, 1.54) is 6.08 Å². The van der Waals surface area contributed by atoms with Gasteiger partial charge in [-0.05, 0) is 62.4 Å². The number of aliphatic hydroxyl groups is 5. The summed E-state index contributed by atoms with van der Waals surface area (Å²) in [5, 5.41) is 55.9. The zero-order valence-corrected chi connectivity index (χ0v) is 17.6. The third-order valence-corrected chi connectivity index (χ3v) is 10.0. The SMILES string of the molecule is CC12CC(O)C3C(CCC4(O)CC(O)CCC34CO)C1(O)CCC2C1=CC(=O)OC1. The molecule has 0 aromatic rings. The van der Waals surface area contributed by atoms with Crippen LogP contribution in [0.25, 0.3) is 0 Å². The van der Waals surface area contributed by atoms with Crippen molar-refractivity contribution in [1.29, 1.82) is 0 Å². The molecule has 168 valence electrons. The van der Waals surface area contributed by atoms with Gasteiger partial charge < -0.3 is 30.3 Å². The van der Waals surface area contributed by atoms with Crippen molar-refractivity contribution in [2.24, 2.45) is 28.6 Å². The molecule has 0 aromatic carbocycles. The summed E-state index contributed by atoms with van der Waals surface area (Å²) in [5.41, 5.74) is -2.91. The Kier molecular flexibility index (Phi) is 4.54. The molecule has 7 nitrogen and oxygen atoms in total. The van der Waals surface area contributed by atoms with Crippen molar-refractivity contribution in [3.8, 4) is 0 Å². The molecule has 1 aliphatic heterocycles. The molecule has 5 N–H and O–H groups in total. The fourth-order valence-corrected chi connectivity index (χ4v) is 8.59. The van der Waals surface area contributed by atoms with Gasteiger partial charge in [0.25, 0.3) is 0 Å². The molecular formula is C23H34O7. The molecule has 0 aromatic heterocycles. The lowest BCUT2D eigenvalue weighted by Gasteiger charge is -2.67. The standard InChI is InChI=1S/C23H34O7/c1-20-10-17(26)19-16(3-6-22(28)9-14(25)2-5-21(19,22)12-24)23(20,29)7-4-15(20)13-8-18(27)30-11-13/h8,14-17,19,24-26,28-29H,2-7,9-12H2,1H3. The fourth-order valence-electron chi connectivity index (χ4n) is 8.59. The van der Waals surface area contributed by atoms with Crippen molar-refractivity contribution in [3.63, 3.8) is 0 Å². The average molecular weight is 423 g/mol. The highest BCUT2D eigenvalue weighted by atomic mass is 16.5. The number of cyclic esters (lactones) is 1. The van der Waals surface area contributed by atoms with Crippen LogP contribution in [0.2, 0.25) is 0 Å². The van der Waals surface area contributed by atoms with E-state index in [0.717, 1.165) is 12.0 Å². The quantitative estimate of drug-likeness (QED) is 0.414. The van der Waals surface area contributed by atoms with E-state index in [-0.39, 0.29) is 37.4 Å². The third kappa shape index (κ3) is 2.41. The van der Waals surface area contributed by atoms with Crippen molar-refractivity contribution < 1.29 is 35.1 Å². The van der Waals surface area contributed by atoms with E-state index in [1.807, 2.05) is 6.92 Å². The normalized spacial score (nSPS) is 55.3. The van der Waals surface area contributed by atoms with Gasteiger partial charge in [-0.3, -0.25) is 0 Å². The molecule has 4 fully saturated rings. The molecule has 30 heavy (non-hydrogen) atoms. The zero-order chi connectivity index (χ0) is 21.5. The number of carbonyl (C=O) groups is 1. The molecule has 0 amide bonds. The van der Waals surface area contributed by atoms with Gasteiger partial charge in [0.1, 0.15) is 6.61 Å². The maximum atomic E-state index is 12.1. The lowest BCUT2D eigenvalue weighted by Crippen LogP contribution is -2.72. The number of hydrogen-bond acceptors (Lipinski definition) is 7. The van der Waals surface area contributed by atoms with Crippen molar-refractivity contribution in [2.75, 3.05) is 13.2 Å². The minimum atomic E-state index is -1.24. The van der Waals surface area contributed by atoms with E-state index in [0.29, 0.717) is 38.5 Å². The number of aliphatic hydroxyl groups excluding tert-OH is 3. The number of rotatable bonds is 2. The van der Waals surface area contributed by atoms with Crippen LogP contribution < -0.4 is 0 Å². The van der Waals surface area contributed by atoms with Crippen LogP contribution in [-0.4, -0.2) is 68.1 Å². The van der Waals surface area contributed by atoms with E-state index in [4.69, 9.17) is 4.74 Å². The summed E-state index contributed by atoms with van der Waals surface area (Å²) in [6.07, 6.45) is 3.83. The molecule has 9 atom stereocenters. The summed E-state index contributed by atoms with van der Waals surface area (Å²) >= 11 is 0. The van der Waals surface area contributed by atoms with Gasteiger partial charge in [-0.25, -0.2) is 4.79 Å². The van der Waals surface area contributed by atoms with Crippen molar-refractivity contribution in [1.82, 2.24) is 0 Å². The van der Waals surface area contributed by atoms with Gasteiger partial charge in [-0.1, -0.05) is 6.92 Å². The van der Waals surface area contributed by atoms with Crippen molar-refractivity contribution in [2.45, 2.75) is 81.7 Å². The second-order valence-corrected chi connectivity index (χ2v) is 10.9. The van der Waals surface area contributed by atoms with Crippen LogP contribution in [-0.2, 0) is 9.53 Å². The predicted molar refractivity (Wildman–Crippen MR) is 106 cm³/mol. The Morgan fingerprint density at radius 2 is 1.87 bits per heavy atom. The van der Waals surface area contributed by atoms with E-state index in [1.54, 1.807) is 0 Å². The summed E-state index contributed by atoms with van der Waals surface area (Å²) in [7, 11) is 0. The van der Waals surface area contributed by atoms with E-state index in [9.17, 15) is 30.3 Å². The second-order valence-electron chi connectivity index (χ2n) is 10.9. The molecule has 7 heteroatoms. The predicted octanol–water partition coefficient (Wildman–Crippen LogP) is 0.662. The Bertz CT molecular complexity index is 782. The van der Waals surface area contributed by atoms with Gasteiger partial charge in [0.2, 0.25) is 0 Å². The zero-order valence-electron chi connectivity index (χ0n) is 17.6. The average Bonchev–Trinajstić information content (AvgIpc) is 3.21. The molecule has 5 aliphatic rings. The molecule has 5 rings (SSSR count). The van der Waals surface area contributed by atoms with Gasteiger partial charge in [-0.15, -0.1) is 0 Å². The van der Waals surface area contributed by atoms with Crippen LogP contribution in [0.4, 0.5) is 0 Å². The minimum absolute atomic E-state index is 0.0383. The monoisotopic (exact) mass is 422 g/mol. The largest absolute Gasteiger partial charge is 0.458 e. The smallest absolute Gasteiger partial charge is 0.331 e. The molecular weight excluding hydrogens is 388 g/mol. The Morgan fingerprint density at radius 3 is 2.53 bits per heavy atom. The van der Waals surface area contributed by atoms with Crippen LogP contribution in [0.1, 0.15) is 58.3 Å². The minimum Gasteiger partial charge on any atom is -0.458 e. The highest BCUT2D eigenvalue weighted by Gasteiger charge is 2.73. The number of ether oxygens (including phenoxy) is 1. The summed E-state index contributed by atoms with van der Waals surface area (Å²) in [5.74, 6) is -1.07. The number of carbonyl (C=O) groups excluding carboxylic acids is 1. The van der Waals surface area contributed by atoms with Gasteiger partial charge in [0.05, 0.1) is 30.0 Å². The Labute approximate surface area is 176 Å². The molecule has 0 spiro atoms. The first-order valence-corrected chi connectivity index (χ1v) is 11.4. The number of esters is 1. The summed E-state index contributed by atoms with van der Waals surface area (Å²) in [4.78, 5) is 11.7. The van der Waals surface area contributed by atoms with Gasteiger partial charge >= 0.3 is 5.97 Å². The van der Waals surface area contributed by atoms with Crippen molar-refractivity contribution >= 4 is 5.97 Å². The second kappa shape index (κ2) is 6.51. The number of hydrogen-bond donors (Lipinski definition) is 5. The first-order chi connectivity index (χ1) is 14.1. The maximum absolute atomic E-state index is 12.1. The lowest BCUT2D eigenvalue weighted by atomic mass is 9.41. The molecule has 9 unspecified atom stereocenters. The lowest BCUT2D eigenvalue weighted by molar-refractivity contribution is -0.292. The van der Waals surface area contributed by atoms with Crippen LogP contribution in [0.15, 0.2) is 11.6 Å². The van der Waals surface area contributed by atoms with E-state index in [2.05, 4.69) is 0 Å². The van der Waals surface area contributed by atoms with Gasteiger partial charge in [0, 0.05) is 29.2 Å². The third-order valence-electron chi connectivity index (χ3n) is 10.0. The first-order valence-electron chi connectivity index (χ1n) is 11.4. The van der Waals surface area contributed by atoms with Gasteiger partial charge in [0.15, 0.2) is 0 Å². The van der Waals surface area contributed by atoms with Crippen molar-refractivity contribution in [3.05, 3.63) is 11.6 Å². The highest BCUT2D eigenvalue weighted by molar-refractivity contribution is 5.85. The molecule has 1 heterocycles. The van der Waals surface area contributed by atoms with Crippen LogP contribution in [0, 0.1) is 28.6 Å². The first kappa shape index (κ1) is 20.9. The molecule has 0 saturated heterocycles.